The Kier molecular flexibility index (Phi) is 3.67. The summed E-state index contributed by atoms with van der Waals surface area (Å²) in [5.41, 5.74) is 0.504. The first-order chi connectivity index (χ1) is 10.4. The molecular weight excluding hydrogens is 346 g/mol. The van der Waals surface area contributed by atoms with Crippen molar-refractivity contribution in [2.45, 2.75) is 4.90 Å². The van der Waals surface area contributed by atoms with Crippen LogP contribution < -0.4 is 5.32 Å². The summed E-state index contributed by atoms with van der Waals surface area (Å²) >= 11 is 6.99. The molecule has 1 aliphatic rings. The number of sulfonamides is 1. The highest BCUT2D eigenvalue weighted by atomic mass is 35.5. The van der Waals surface area contributed by atoms with Gasteiger partial charge in [-0.15, -0.1) is 11.3 Å². The van der Waals surface area contributed by atoms with Gasteiger partial charge >= 0.3 is 0 Å². The van der Waals surface area contributed by atoms with E-state index in [9.17, 15) is 13.2 Å². The molecule has 3 rings (SSSR count). The van der Waals surface area contributed by atoms with E-state index in [-0.39, 0.29) is 10.6 Å². The molecule has 0 bridgehead atoms. The minimum atomic E-state index is -3.77. The largest absolute Gasteiger partial charge is 0.319 e. The van der Waals surface area contributed by atoms with Crippen molar-refractivity contribution < 1.29 is 13.2 Å². The quantitative estimate of drug-likeness (QED) is 0.897. The molecule has 0 unspecified atom stereocenters. The summed E-state index contributed by atoms with van der Waals surface area (Å²) in [6.07, 6.45) is 4.56. The van der Waals surface area contributed by atoms with E-state index < -0.39 is 15.9 Å². The van der Waals surface area contributed by atoms with Crippen LogP contribution in [0.15, 0.2) is 41.2 Å². The molecule has 2 aromatic heterocycles. The molecule has 0 aromatic carbocycles. The van der Waals surface area contributed by atoms with Crippen LogP contribution in [-0.2, 0) is 14.8 Å². The van der Waals surface area contributed by atoms with E-state index in [0.29, 0.717) is 14.9 Å². The van der Waals surface area contributed by atoms with E-state index in [1.807, 2.05) is 0 Å². The van der Waals surface area contributed by atoms with Gasteiger partial charge in [-0.05, 0) is 24.3 Å². The van der Waals surface area contributed by atoms with Crippen LogP contribution in [0.25, 0.3) is 6.08 Å². The Balaban J connectivity index is 2.00. The predicted molar refractivity (Wildman–Crippen MR) is 85.1 cm³/mol. The van der Waals surface area contributed by atoms with Crippen molar-refractivity contribution in [1.82, 2.24) is 9.29 Å². The highest BCUT2D eigenvalue weighted by Gasteiger charge is 2.34. The third kappa shape index (κ3) is 2.49. The van der Waals surface area contributed by atoms with Crippen molar-refractivity contribution in [2.24, 2.45) is 0 Å². The minimum absolute atomic E-state index is 0.0230. The van der Waals surface area contributed by atoms with Gasteiger partial charge in [0.1, 0.15) is 10.6 Å². The molecule has 22 heavy (non-hydrogen) atoms. The van der Waals surface area contributed by atoms with Gasteiger partial charge in [-0.25, -0.2) is 8.42 Å². The molecule has 2 aromatic rings. The molecule has 1 amide bonds. The monoisotopic (exact) mass is 355 g/mol. The first-order valence-corrected chi connectivity index (χ1v) is 8.74. The first-order valence-electron chi connectivity index (χ1n) is 6.11. The topological polar surface area (TPSA) is 79.4 Å². The van der Waals surface area contributed by atoms with Crippen LogP contribution in [0.1, 0.15) is 4.88 Å². The SMILES string of the molecule is CN1C(C(=O)Nc2cccnc2)=Cc2sc(Cl)cc2S1(=O)=O. The lowest BCUT2D eigenvalue weighted by Crippen LogP contribution is -2.35. The van der Waals surface area contributed by atoms with Crippen LogP contribution in [0, 0.1) is 0 Å². The third-order valence-electron chi connectivity index (χ3n) is 3.09. The lowest BCUT2D eigenvalue weighted by Gasteiger charge is -2.25. The maximum atomic E-state index is 12.4. The van der Waals surface area contributed by atoms with Gasteiger partial charge in [0, 0.05) is 13.2 Å². The van der Waals surface area contributed by atoms with Gasteiger partial charge < -0.3 is 5.32 Å². The Bertz CT molecular complexity index is 875. The van der Waals surface area contributed by atoms with Gasteiger partial charge in [0.25, 0.3) is 15.9 Å². The number of hydrogen-bond acceptors (Lipinski definition) is 5. The number of anilines is 1. The second-order valence-corrected chi connectivity index (χ2v) is 8.13. The molecule has 114 valence electrons. The van der Waals surface area contributed by atoms with Crippen molar-refractivity contribution in [3.63, 3.8) is 0 Å². The van der Waals surface area contributed by atoms with Crippen molar-refractivity contribution in [2.75, 3.05) is 12.4 Å². The molecule has 0 saturated heterocycles. The van der Waals surface area contributed by atoms with Gasteiger partial charge in [-0.2, -0.15) is 0 Å². The summed E-state index contributed by atoms with van der Waals surface area (Å²) in [6, 6.07) is 4.72. The Labute approximate surface area is 136 Å². The van der Waals surface area contributed by atoms with Crippen molar-refractivity contribution in [3.05, 3.63) is 45.5 Å². The van der Waals surface area contributed by atoms with Gasteiger partial charge in [0.15, 0.2) is 0 Å². The van der Waals surface area contributed by atoms with Crippen LogP contribution in [0.3, 0.4) is 0 Å². The minimum Gasteiger partial charge on any atom is -0.319 e. The number of nitrogens with one attached hydrogen (secondary N) is 1. The smallest absolute Gasteiger partial charge is 0.273 e. The molecule has 9 heteroatoms. The van der Waals surface area contributed by atoms with Crippen molar-refractivity contribution >= 4 is 50.6 Å². The van der Waals surface area contributed by atoms with Crippen LogP contribution in [-0.4, -0.2) is 30.7 Å². The average Bonchev–Trinajstić information content (AvgIpc) is 2.86. The number of hydrogen-bond donors (Lipinski definition) is 1. The number of amides is 1. The molecule has 1 N–H and O–H groups in total. The zero-order chi connectivity index (χ0) is 15.9. The van der Waals surface area contributed by atoms with E-state index in [1.165, 1.54) is 25.4 Å². The fourth-order valence-corrected chi connectivity index (χ4v) is 4.92. The van der Waals surface area contributed by atoms with Gasteiger partial charge in [-0.3, -0.25) is 14.1 Å². The van der Waals surface area contributed by atoms with Crippen LogP contribution in [0.4, 0.5) is 5.69 Å². The Morgan fingerprint density at radius 2 is 2.23 bits per heavy atom. The van der Waals surface area contributed by atoms with Gasteiger partial charge in [-0.1, -0.05) is 11.6 Å². The van der Waals surface area contributed by atoms with Gasteiger partial charge in [0.05, 0.1) is 21.1 Å². The summed E-state index contributed by atoms with van der Waals surface area (Å²) in [5.74, 6) is -0.533. The maximum Gasteiger partial charge on any atom is 0.273 e. The molecule has 3 heterocycles. The maximum absolute atomic E-state index is 12.4. The standard InChI is InChI=1S/C13H10ClN3O3S2/c1-17-9(13(18)16-8-3-2-4-15-7-8)5-10-11(22(17,19)20)6-12(14)21-10/h2-7H,1H3,(H,16,18). The number of nitrogens with zero attached hydrogens (tertiary/aromatic N) is 2. The predicted octanol–water partition coefficient (Wildman–Crippen LogP) is 2.41. The summed E-state index contributed by atoms with van der Waals surface area (Å²) in [4.78, 5) is 16.8. The van der Waals surface area contributed by atoms with E-state index in [2.05, 4.69) is 10.3 Å². The second-order valence-electron chi connectivity index (χ2n) is 4.48. The lowest BCUT2D eigenvalue weighted by molar-refractivity contribution is -0.113. The highest BCUT2D eigenvalue weighted by molar-refractivity contribution is 7.89. The number of aromatic nitrogens is 1. The molecule has 0 radical (unpaired) electrons. The second kappa shape index (κ2) is 5.38. The summed E-state index contributed by atoms with van der Waals surface area (Å²) in [7, 11) is -2.44. The number of pyridine rings is 1. The summed E-state index contributed by atoms with van der Waals surface area (Å²) in [6.45, 7) is 0. The number of rotatable bonds is 2. The first kappa shape index (κ1) is 15.0. The zero-order valence-electron chi connectivity index (χ0n) is 11.3. The Hall–Kier alpha value is -1.90. The number of fused-ring (bicyclic) bond motifs is 1. The fourth-order valence-electron chi connectivity index (χ4n) is 1.99. The van der Waals surface area contributed by atoms with Crippen LogP contribution >= 0.6 is 22.9 Å². The number of halogens is 1. The number of thiophene rings is 1. The van der Waals surface area contributed by atoms with E-state index in [4.69, 9.17) is 11.6 Å². The van der Waals surface area contributed by atoms with E-state index >= 15 is 0 Å². The zero-order valence-corrected chi connectivity index (χ0v) is 13.7. The number of carbonyl (C=O) groups is 1. The van der Waals surface area contributed by atoms with Crippen LogP contribution in [0.5, 0.6) is 0 Å². The third-order valence-corrected chi connectivity index (χ3v) is 6.24. The number of likely N-dealkylation sites (N-methyl/N-ethyl adjacent to an activating group) is 1. The van der Waals surface area contributed by atoms with Crippen molar-refractivity contribution in [3.8, 4) is 0 Å². The van der Waals surface area contributed by atoms with E-state index in [0.717, 1.165) is 15.6 Å². The van der Waals surface area contributed by atoms with Crippen molar-refractivity contribution in [1.29, 1.82) is 0 Å². The fraction of sp³-hybridized carbons (Fsp3) is 0.0769. The molecule has 0 saturated carbocycles. The molecule has 0 aliphatic carbocycles. The Morgan fingerprint density at radius 3 is 2.91 bits per heavy atom. The molecule has 0 spiro atoms. The average molecular weight is 356 g/mol. The highest BCUT2D eigenvalue weighted by Crippen LogP contribution is 2.38. The molecular formula is C13H10ClN3O3S2. The molecule has 1 aliphatic heterocycles. The summed E-state index contributed by atoms with van der Waals surface area (Å²) < 4.78 is 26.2. The van der Waals surface area contributed by atoms with E-state index in [1.54, 1.807) is 18.3 Å². The normalized spacial score (nSPS) is 15.9. The van der Waals surface area contributed by atoms with Crippen LogP contribution in [0.2, 0.25) is 4.34 Å². The molecule has 0 atom stereocenters. The summed E-state index contributed by atoms with van der Waals surface area (Å²) in [5, 5.41) is 2.61. The Morgan fingerprint density at radius 1 is 1.45 bits per heavy atom. The molecule has 6 nitrogen and oxygen atoms in total. The van der Waals surface area contributed by atoms with Gasteiger partial charge in [0.2, 0.25) is 0 Å². The lowest BCUT2D eigenvalue weighted by atomic mass is 10.3. The number of carbonyl (C=O) groups excluding carboxylic acids is 1. The molecule has 0 fully saturated rings.